The molecule has 0 saturated carbocycles. The molecule has 4 heteroatoms. The molecule has 0 aromatic heterocycles. The second-order valence-corrected chi connectivity index (χ2v) is 4.30. The van der Waals surface area contributed by atoms with Crippen LogP contribution >= 0.6 is 11.6 Å². The van der Waals surface area contributed by atoms with Crippen molar-refractivity contribution in [1.82, 2.24) is 4.90 Å². The van der Waals surface area contributed by atoms with Gasteiger partial charge in [-0.2, -0.15) is 5.26 Å². The van der Waals surface area contributed by atoms with Crippen molar-refractivity contribution in [3.05, 3.63) is 34.6 Å². The minimum absolute atomic E-state index is 0.111. The average Bonchev–Trinajstić information content (AvgIpc) is 2.22. The minimum Gasteiger partial charge on any atom is -0.298 e. The largest absolute Gasteiger partial charge is 0.298 e. The molecule has 0 saturated heterocycles. The van der Waals surface area contributed by atoms with Crippen LogP contribution in [0.15, 0.2) is 18.2 Å². The zero-order chi connectivity index (χ0) is 12.1. The summed E-state index contributed by atoms with van der Waals surface area (Å²) < 4.78 is 13.5. The number of benzene rings is 1. The summed E-state index contributed by atoms with van der Waals surface area (Å²) in [6, 6.07) is 6.86. The van der Waals surface area contributed by atoms with Crippen molar-refractivity contribution in [2.24, 2.45) is 0 Å². The van der Waals surface area contributed by atoms with Crippen LogP contribution in [0.4, 0.5) is 4.39 Å². The predicted octanol–water partition coefficient (Wildman–Crippen LogP) is 3.21. The molecule has 0 aliphatic heterocycles. The minimum atomic E-state index is -0.302. The van der Waals surface area contributed by atoms with Gasteiger partial charge in [-0.1, -0.05) is 17.7 Å². The highest BCUT2D eigenvalue weighted by Crippen LogP contribution is 2.17. The Labute approximate surface area is 100 Å². The Kier molecular flexibility index (Phi) is 4.72. The molecular weight excluding hydrogens is 227 g/mol. The Hall–Kier alpha value is -1.11. The van der Waals surface area contributed by atoms with Crippen molar-refractivity contribution in [2.75, 3.05) is 7.05 Å². The van der Waals surface area contributed by atoms with Crippen LogP contribution in [-0.2, 0) is 6.54 Å². The van der Waals surface area contributed by atoms with Crippen LogP contribution in [-0.4, -0.2) is 18.0 Å². The Bertz CT molecular complexity index is 400. The molecule has 0 spiro atoms. The van der Waals surface area contributed by atoms with Crippen molar-refractivity contribution >= 4 is 11.6 Å². The van der Waals surface area contributed by atoms with Gasteiger partial charge in [0.1, 0.15) is 5.82 Å². The van der Waals surface area contributed by atoms with Gasteiger partial charge in [-0.3, -0.25) is 4.90 Å². The molecular formula is C12H14ClFN2. The maximum Gasteiger partial charge on any atom is 0.129 e. The van der Waals surface area contributed by atoms with Crippen molar-refractivity contribution in [3.8, 4) is 6.07 Å². The summed E-state index contributed by atoms with van der Waals surface area (Å²) in [4.78, 5) is 1.94. The number of hydrogen-bond donors (Lipinski definition) is 0. The molecule has 1 rings (SSSR count). The molecule has 1 aromatic carbocycles. The van der Waals surface area contributed by atoms with Gasteiger partial charge in [0.15, 0.2) is 0 Å². The lowest BCUT2D eigenvalue weighted by Gasteiger charge is -2.22. The SMILES string of the molecule is CC(CC#N)N(C)Cc1ccc(Cl)cc1F. The van der Waals surface area contributed by atoms with Crippen LogP contribution in [0.2, 0.25) is 5.02 Å². The van der Waals surface area contributed by atoms with E-state index in [9.17, 15) is 4.39 Å². The third kappa shape index (κ3) is 3.48. The molecule has 0 heterocycles. The molecule has 1 aromatic rings. The van der Waals surface area contributed by atoms with Crippen molar-refractivity contribution < 1.29 is 4.39 Å². The predicted molar refractivity (Wildman–Crippen MR) is 62.6 cm³/mol. The van der Waals surface area contributed by atoms with Gasteiger partial charge in [0.2, 0.25) is 0 Å². The molecule has 0 radical (unpaired) electrons. The Balaban J connectivity index is 2.70. The normalized spacial score (nSPS) is 12.5. The fourth-order valence-electron chi connectivity index (χ4n) is 1.36. The molecule has 0 amide bonds. The van der Waals surface area contributed by atoms with Crippen LogP contribution < -0.4 is 0 Å². The average molecular weight is 241 g/mol. The smallest absolute Gasteiger partial charge is 0.129 e. The number of rotatable bonds is 4. The maximum absolute atomic E-state index is 13.5. The molecule has 2 nitrogen and oxygen atoms in total. The zero-order valence-corrected chi connectivity index (χ0v) is 10.1. The fourth-order valence-corrected chi connectivity index (χ4v) is 1.52. The first kappa shape index (κ1) is 13.0. The number of hydrogen-bond acceptors (Lipinski definition) is 2. The van der Waals surface area contributed by atoms with Crippen LogP contribution in [0, 0.1) is 17.1 Å². The second-order valence-electron chi connectivity index (χ2n) is 3.86. The molecule has 16 heavy (non-hydrogen) atoms. The van der Waals surface area contributed by atoms with E-state index in [4.69, 9.17) is 16.9 Å². The molecule has 1 unspecified atom stereocenters. The fraction of sp³-hybridized carbons (Fsp3) is 0.417. The first-order valence-corrected chi connectivity index (χ1v) is 5.43. The summed E-state index contributed by atoms with van der Waals surface area (Å²) in [7, 11) is 1.87. The molecule has 1 atom stereocenters. The highest BCUT2D eigenvalue weighted by Gasteiger charge is 2.11. The van der Waals surface area contributed by atoms with E-state index in [-0.39, 0.29) is 11.9 Å². The molecule has 0 fully saturated rings. The zero-order valence-electron chi connectivity index (χ0n) is 9.37. The second kappa shape index (κ2) is 5.83. The standard InChI is InChI=1S/C12H14ClFN2/c1-9(5-6-15)16(2)8-10-3-4-11(13)7-12(10)14/h3-4,7,9H,5,8H2,1-2H3. The van der Waals surface area contributed by atoms with Crippen molar-refractivity contribution in [3.63, 3.8) is 0 Å². The Morgan fingerprint density at radius 3 is 2.81 bits per heavy atom. The van der Waals surface area contributed by atoms with Crippen LogP contribution in [0.5, 0.6) is 0 Å². The first-order valence-electron chi connectivity index (χ1n) is 5.05. The Morgan fingerprint density at radius 1 is 1.56 bits per heavy atom. The van der Waals surface area contributed by atoms with Gasteiger partial charge in [-0.15, -0.1) is 0 Å². The molecule has 0 aliphatic carbocycles. The van der Waals surface area contributed by atoms with E-state index in [0.717, 1.165) is 0 Å². The highest BCUT2D eigenvalue weighted by molar-refractivity contribution is 6.30. The van der Waals surface area contributed by atoms with E-state index >= 15 is 0 Å². The van der Waals surface area contributed by atoms with Crippen LogP contribution in [0.25, 0.3) is 0 Å². The van der Waals surface area contributed by atoms with Gasteiger partial charge in [0.05, 0.1) is 12.5 Å². The quantitative estimate of drug-likeness (QED) is 0.808. The summed E-state index contributed by atoms with van der Waals surface area (Å²) in [5.41, 5.74) is 0.594. The van der Waals surface area contributed by atoms with Gasteiger partial charge in [-0.25, -0.2) is 4.39 Å². The highest BCUT2D eigenvalue weighted by atomic mass is 35.5. The molecule has 0 N–H and O–H groups in total. The number of halogens is 2. The van der Waals surface area contributed by atoms with Gasteiger partial charge < -0.3 is 0 Å². The van der Waals surface area contributed by atoms with Gasteiger partial charge in [0, 0.05) is 23.2 Å². The molecule has 86 valence electrons. The van der Waals surface area contributed by atoms with E-state index in [1.54, 1.807) is 12.1 Å². The summed E-state index contributed by atoms with van der Waals surface area (Å²) in [6.07, 6.45) is 0.436. The lowest BCUT2D eigenvalue weighted by atomic mass is 10.1. The van der Waals surface area contributed by atoms with Crippen LogP contribution in [0.3, 0.4) is 0 Å². The monoisotopic (exact) mass is 240 g/mol. The molecule has 0 aliphatic rings. The summed E-state index contributed by atoms with van der Waals surface area (Å²) in [5.74, 6) is -0.302. The maximum atomic E-state index is 13.5. The lowest BCUT2D eigenvalue weighted by Crippen LogP contribution is -2.28. The van der Waals surface area contributed by atoms with Crippen LogP contribution in [0.1, 0.15) is 18.9 Å². The van der Waals surface area contributed by atoms with E-state index in [2.05, 4.69) is 6.07 Å². The topological polar surface area (TPSA) is 27.0 Å². The third-order valence-corrected chi connectivity index (χ3v) is 2.81. The number of nitriles is 1. The third-order valence-electron chi connectivity index (χ3n) is 2.57. The van der Waals surface area contributed by atoms with Gasteiger partial charge in [-0.05, 0) is 26.1 Å². The van der Waals surface area contributed by atoms with E-state index < -0.39 is 0 Å². The summed E-state index contributed by atoms with van der Waals surface area (Å²) >= 11 is 5.67. The molecule has 0 bridgehead atoms. The lowest BCUT2D eigenvalue weighted by molar-refractivity contribution is 0.249. The van der Waals surface area contributed by atoms with Crippen molar-refractivity contribution in [2.45, 2.75) is 25.9 Å². The van der Waals surface area contributed by atoms with Gasteiger partial charge >= 0.3 is 0 Å². The van der Waals surface area contributed by atoms with E-state index in [1.807, 2.05) is 18.9 Å². The number of nitrogens with zero attached hydrogens (tertiary/aromatic N) is 2. The Morgan fingerprint density at radius 2 is 2.25 bits per heavy atom. The summed E-state index contributed by atoms with van der Waals surface area (Å²) in [6.45, 7) is 2.42. The van der Waals surface area contributed by atoms with Crippen molar-refractivity contribution in [1.29, 1.82) is 5.26 Å². The van der Waals surface area contributed by atoms with Gasteiger partial charge in [0.25, 0.3) is 0 Å². The van der Waals surface area contributed by atoms with E-state index in [1.165, 1.54) is 6.07 Å². The first-order chi connectivity index (χ1) is 7.54. The summed E-state index contributed by atoms with van der Waals surface area (Å²) in [5, 5.41) is 8.97. The van der Waals surface area contributed by atoms with E-state index in [0.29, 0.717) is 23.6 Å².